The maximum Gasteiger partial charge on any atom is 0.248 e. The van der Waals surface area contributed by atoms with E-state index < -0.39 is 11.9 Å². The zero-order chi connectivity index (χ0) is 21.3. The predicted octanol–water partition coefficient (Wildman–Crippen LogP) is 3.40. The van der Waals surface area contributed by atoms with Crippen LogP contribution in [0.5, 0.6) is 11.5 Å². The summed E-state index contributed by atoms with van der Waals surface area (Å²) in [6, 6.07) is 12.9. The molecule has 1 amide bonds. The number of nitrogens with two attached hydrogens (primary N) is 1. The van der Waals surface area contributed by atoms with Crippen molar-refractivity contribution in [2.45, 2.75) is 19.6 Å². The van der Waals surface area contributed by atoms with E-state index in [-0.39, 0.29) is 0 Å². The van der Waals surface area contributed by atoms with Gasteiger partial charge in [0.2, 0.25) is 11.9 Å². The fourth-order valence-corrected chi connectivity index (χ4v) is 3.93. The van der Waals surface area contributed by atoms with Gasteiger partial charge >= 0.3 is 0 Å². The first-order valence-electron chi connectivity index (χ1n) is 9.20. The minimum Gasteiger partial charge on any atom is -0.493 e. The van der Waals surface area contributed by atoms with E-state index in [0.717, 1.165) is 15.6 Å². The minimum absolute atomic E-state index is 0.390. The Hall–Kier alpha value is -3.33. The molecule has 1 aliphatic rings. The van der Waals surface area contributed by atoms with Gasteiger partial charge in [-0.3, -0.25) is 4.79 Å². The first-order valence-corrected chi connectivity index (χ1v) is 9.99. The zero-order valence-electron chi connectivity index (χ0n) is 16.4. The van der Waals surface area contributed by atoms with E-state index in [9.17, 15) is 4.79 Å². The molecule has 30 heavy (non-hydrogen) atoms. The molecule has 1 aliphatic heterocycles. The zero-order valence-corrected chi connectivity index (χ0v) is 18.0. The quantitative estimate of drug-likeness (QED) is 0.573. The van der Waals surface area contributed by atoms with Crippen molar-refractivity contribution < 1.29 is 14.3 Å². The van der Waals surface area contributed by atoms with Crippen LogP contribution in [0.1, 0.15) is 24.1 Å². The number of anilines is 1. The number of nitrogens with zero attached hydrogens (tertiary/aromatic N) is 3. The van der Waals surface area contributed by atoms with Crippen LogP contribution in [0.4, 0.5) is 5.95 Å². The summed E-state index contributed by atoms with van der Waals surface area (Å²) >= 11 is 3.46. The molecule has 0 spiro atoms. The summed E-state index contributed by atoms with van der Waals surface area (Å²) in [6.07, 6.45) is 1.43. The van der Waals surface area contributed by atoms with E-state index in [1.807, 2.05) is 42.5 Å². The fourth-order valence-electron chi connectivity index (χ4n) is 3.48. The minimum atomic E-state index is -0.528. The number of aromatic nitrogens is 3. The third-order valence-electron chi connectivity index (χ3n) is 4.85. The Morgan fingerprint density at radius 1 is 1.27 bits per heavy atom. The number of hydrogen-bond donors (Lipinski definition) is 2. The number of benzene rings is 2. The SMILES string of the molecule is COc1cc(C2C(C(N)=O)=C(C)Nc3ncnn32)ccc1OCc1cccc(Br)c1. The molecule has 2 heterocycles. The molecule has 0 fully saturated rings. The van der Waals surface area contributed by atoms with Crippen LogP contribution < -0.4 is 20.5 Å². The lowest BCUT2D eigenvalue weighted by molar-refractivity contribution is -0.115. The Morgan fingerprint density at radius 2 is 2.10 bits per heavy atom. The smallest absolute Gasteiger partial charge is 0.248 e. The summed E-state index contributed by atoms with van der Waals surface area (Å²) in [5.74, 6) is 1.15. The van der Waals surface area contributed by atoms with Gasteiger partial charge in [0.1, 0.15) is 19.0 Å². The van der Waals surface area contributed by atoms with Gasteiger partial charge in [0.25, 0.3) is 0 Å². The second kappa shape index (κ2) is 8.19. The molecule has 3 aromatic rings. The van der Waals surface area contributed by atoms with E-state index in [1.165, 1.54) is 6.33 Å². The van der Waals surface area contributed by atoms with Gasteiger partial charge in [0.15, 0.2) is 11.5 Å². The lowest BCUT2D eigenvalue weighted by Crippen LogP contribution is -2.31. The van der Waals surface area contributed by atoms with E-state index in [4.69, 9.17) is 15.2 Å². The number of amides is 1. The molecular formula is C21H20BrN5O3. The molecule has 154 valence electrons. The van der Waals surface area contributed by atoms with Gasteiger partial charge in [-0.1, -0.05) is 34.1 Å². The Balaban J connectivity index is 1.68. The van der Waals surface area contributed by atoms with E-state index in [1.54, 1.807) is 18.7 Å². The van der Waals surface area contributed by atoms with Crippen molar-refractivity contribution >= 4 is 27.8 Å². The number of fused-ring (bicyclic) bond motifs is 1. The van der Waals surface area contributed by atoms with Gasteiger partial charge in [0.05, 0.1) is 12.7 Å². The number of carbonyl (C=O) groups is 1. The van der Waals surface area contributed by atoms with E-state index in [2.05, 4.69) is 31.3 Å². The molecule has 3 N–H and O–H groups in total. The van der Waals surface area contributed by atoms with Gasteiger partial charge < -0.3 is 20.5 Å². The summed E-state index contributed by atoms with van der Waals surface area (Å²) in [7, 11) is 1.57. The van der Waals surface area contributed by atoms with Crippen molar-refractivity contribution in [3.8, 4) is 11.5 Å². The number of hydrogen-bond acceptors (Lipinski definition) is 6. The number of methoxy groups -OCH3 is 1. The Bertz CT molecular complexity index is 1140. The summed E-state index contributed by atoms with van der Waals surface area (Å²) < 4.78 is 14.1. The first-order chi connectivity index (χ1) is 14.5. The number of carbonyl (C=O) groups excluding carboxylic acids is 1. The van der Waals surface area contributed by atoms with Crippen LogP contribution in [-0.2, 0) is 11.4 Å². The lowest BCUT2D eigenvalue weighted by atomic mass is 9.95. The average Bonchev–Trinajstić information content (AvgIpc) is 3.19. The number of halogens is 1. The van der Waals surface area contributed by atoms with Crippen LogP contribution in [0.3, 0.4) is 0 Å². The third-order valence-corrected chi connectivity index (χ3v) is 5.34. The van der Waals surface area contributed by atoms with Gasteiger partial charge in [-0.2, -0.15) is 10.1 Å². The molecule has 1 aromatic heterocycles. The molecule has 2 aromatic carbocycles. The molecule has 9 heteroatoms. The topological polar surface area (TPSA) is 104 Å². The van der Waals surface area contributed by atoms with Gasteiger partial charge in [-0.25, -0.2) is 4.68 Å². The Labute approximate surface area is 181 Å². The van der Waals surface area contributed by atoms with E-state index >= 15 is 0 Å². The number of rotatable bonds is 6. The highest BCUT2D eigenvalue weighted by molar-refractivity contribution is 9.10. The number of ether oxygens (including phenoxy) is 2. The van der Waals surface area contributed by atoms with Crippen molar-refractivity contribution in [2.75, 3.05) is 12.4 Å². The van der Waals surface area contributed by atoms with Crippen molar-refractivity contribution in [3.05, 3.63) is 75.7 Å². The van der Waals surface area contributed by atoms with Crippen LogP contribution in [0.25, 0.3) is 0 Å². The molecule has 0 saturated carbocycles. The van der Waals surface area contributed by atoms with E-state index in [0.29, 0.717) is 35.3 Å². The molecule has 1 unspecified atom stereocenters. The van der Waals surface area contributed by atoms with Crippen molar-refractivity contribution in [2.24, 2.45) is 5.73 Å². The standard InChI is InChI=1S/C21H20BrN5O3/c1-12-18(20(23)28)19(27-21(26-12)24-11-25-27)14-6-7-16(17(9-14)29-2)30-10-13-4-3-5-15(22)8-13/h3-9,11,19H,10H2,1-2H3,(H2,23,28)(H,24,25,26). The normalized spacial score (nSPS) is 15.4. The molecule has 0 radical (unpaired) electrons. The molecule has 1 atom stereocenters. The summed E-state index contributed by atoms with van der Waals surface area (Å²) in [4.78, 5) is 16.4. The van der Waals surface area contributed by atoms with Crippen LogP contribution in [0.2, 0.25) is 0 Å². The Morgan fingerprint density at radius 3 is 2.83 bits per heavy atom. The molecule has 0 saturated heterocycles. The van der Waals surface area contributed by atoms with Crippen molar-refractivity contribution in [1.82, 2.24) is 14.8 Å². The maximum atomic E-state index is 12.2. The van der Waals surface area contributed by atoms with Gasteiger partial charge in [-0.15, -0.1) is 0 Å². The monoisotopic (exact) mass is 469 g/mol. The number of primary amides is 1. The summed E-state index contributed by atoms with van der Waals surface area (Å²) in [5, 5.41) is 7.33. The molecular weight excluding hydrogens is 450 g/mol. The first kappa shape index (κ1) is 20.0. The Kier molecular flexibility index (Phi) is 5.45. The van der Waals surface area contributed by atoms with Crippen molar-refractivity contribution in [1.29, 1.82) is 0 Å². The number of nitrogens with one attached hydrogen (secondary N) is 1. The third kappa shape index (κ3) is 3.76. The predicted molar refractivity (Wildman–Crippen MR) is 115 cm³/mol. The number of allylic oxidation sites excluding steroid dienone is 1. The summed E-state index contributed by atoms with van der Waals surface area (Å²) in [6.45, 7) is 2.18. The molecule has 8 nitrogen and oxygen atoms in total. The van der Waals surface area contributed by atoms with Gasteiger partial charge in [0, 0.05) is 10.2 Å². The molecule has 0 aliphatic carbocycles. The second-order valence-electron chi connectivity index (χ2n) is 6.79. The average molecular weight is 470 g/mol. The van der Waals surface area contributed by atoms with Crippen LogP contribution in [0, 0.1) is 0 Å². The molecule has 4 rings (SSSR count). The maximum absolute atomic E-state index is 12.2. The van der Waals surface area contributed by atoms with Crippen molar-refractivity contribution in [3.63, 3.8) is 0 Å². The van der Waals surface area contributed by atoms with Crippen LogP contribution in [-0.4, -0.2) is 27.8 Å². The van der Waals surface area contributed by atoms with Gasteiger partial charge in [-0.05, 0) is 42.3 Å². The largest absolute Gasteiger partial charge is 0.493 e. The highest BCUT2D eigenvalue weighted by Crippen LogP contribution is 2.38. The highest BCUT2D eigenvalue weighted by atomic mass is 79.9. The molecule has 0 bridgehead atoms. The lowest BCUT2D eigenvalue weighted by Gasteiger charge is -2.28. The highest BCUT2D eigenvalue weighted by Gasteiger charge is 2.32. The van der Waals surface area contributed by atoms with Crippen LogP contribution >= 0.6 is 15.9 Å². The fraction of sp³-hybridized carbons (Fsp3) is 0.190. The summed E-state index contributed by atoms with van der Waals surface area (Å²) in [5.41, 5.74) is 8.54. The van der Waals surface area contributed by atoms with Crippen LogP contribution in [0.15, 0.2) is 64.5 Å². The second-order valence-corrected chi connectivity index (χ2v) is 7.70.